The van der Waals surface area contributed by atoms with Crippen molar-refractivity contribution in [1.29, 1.82) is 0 Å². The molecular weight excluding hydrogens is 658 g/mol. The lowest BCUT2D eigenvalue weighted by Crippen LogP contribution is -2.46. The first-order valence-electron chi connectivity index (χ1n) is 18.2. The van der Waals surface area contributed by atoms with Crippen molar-refractivity contribution in [3.8, 4) is 5.69 Å². The van der Waals surface area contributed by atoms with Crippen LogP contribution in [0.4, 0.5) is 5.69 Å². The Balaban J connectivity index is 1.51. The predicted octanol–water partition coefficient (Wildman–Crippen LogP) is 6.37. The van der Waals surface area contributed by atoms with Crippen LogP contribution in [-0.2, 0) is 22.6 Å². The second-order valence-corrected chi connectivity index (χ2v) is 13.5. The maximum absolute atomic E-state index is 14.6. The summed E-state index contributed by atoms with van der Waals surface area (Å²) in [4.78, 5) is 56.9. The Hall–Kier alpha value is -5.29. The molecule has 3 amide bonds. The Morgan fingerprint density at radius 2 is 1.58 bits per heavy atom. The number of carboxylic acid groups (broad SMARTS) is 1. The number of amides is 3. The maximum Gasteiger partial charge on any atom is 0.303 e. The molecule has 0 fully saturated rings. The number of carbonyl (C=O) groups is 4. The van der Waals surface area contributed by atoms with Crippen molar-refractivity contribution >= 4 is 29.4 Å². The molecule has 5 rings (SSSR count). The zero-order chi connectivity index (χ0) is 37.2. The minimum absolute atomic E-state index is 0.0763. The van der Waals surface area contributed by atoms with Gasteiger partial charge >= 0.3 is 5.97 Å². The van der Waals surface area contributed by atoms with E-state index in [4.69, 9.17) is 5.10 Å². The molecule has 52 heavy (non-hydrogen) atoms. The van der Waals surface area contributed by atoms with Crippen LogP contribution >= 0.6 is 0 Å². The Labute approximate surface area is 305 Å². The molecule has 0 radical (unpaired) electrons. The number of carbonyl (C=O) groups excluding carboxylic acids is 3. The van der Waals surface area contributed by atoms with Gasteiger partial charge in [-0.3, -0.25) is 19.2 Å². The lowest BCUT2D eigenvalue weighted by atomic mass is 9.92. The van der Waals surface area contributed by atoms with Gasteiger partial charge in [0.25, 0.3) is 11.8 Å². The van der Waals surface area contributed by atoms with Crippen molar-refractivity contribution < 1.29 is 29.4 Å². The molecule has 2 heterocycles. The highest BCUT2D eigenvalue weighted by Gasteiger charge is 2.32. The van der Waals surface area contributed by atoms with E-state index in [1.165, 1.54) is 0 Å². The number of aryl methyl sites for hydroxylation is 1. The Kier molecular flexibility index (Phi) is 13.0. The summed E-state index contributed by atoms with van der Waals surface area (Å²) in [6.45, 7) is 7.33. The average molecular weight is 708 g/mol. The number of fused-ring (bicyclic) bond motifs is 1. The molecule has 0 spiro atoms. The minimum Gasteiger partial charge on any atom is -0.481 e. The van der Waals surface area contributed by atoms with Gasteiger partial charge in [0.1, 0.15) is 0 Å². The van der Waals surface area contributed by atoms with Gasteiger partial charge in [-0.1, -0.05) is 81.3 Å². The van der Waals surface area contributed by atoms with Crippen LogP contribution in [0.3, 0.4) is 0 Å². The van der Waals surface area contributed by atoms with Gasteiger partial charge in [0.15, 0.2) is 5.69 Å². The SMILES string of the molecule is CCCCN(CCCC)C(=O)c1cc(C)n(-c2ccc(NC(=O)CC(CC(=O)O)c3ccccc3)cc2C(=O)N2Cc3ccccc3CC2CO)n1. The third kappa shape index (κ3) is 9.13. The van der Waals surface area contributed by atoms with Crippen molar-refractivity contribution in [2.75, 3.05) is 25.0 Å². The van der Waals surface area contributed by atoms with Crippen molar-refractivity contribution in [3.63, 3.8) is 0 Å². The van der Waals surface area contributed by atoms with Gasteiger partial charge in [-0.15, -0.1) is 0 Å². The molecule has 1 aliphatic rings. The monoisotopic (exact) mass is 707 g/mol. The number of nitrogens with one attached hydrogen (secondary N) is 1. The van der Waals surface area contributed by atoms with E-state index in [9.17, 15) is 29.4 Å². The van der Waals surface area contributed by atoms with Crippen molar-refractivity contribution in [2.45, 2.75) is 84.2 Å². The number of aliphatic hydroxyl groups excluding tert-OH is 1. The Morgan fingerprint density at radius 3 is 2.23 bits per heavy atom. The minimum atomic E-state index is -1.01. The number of benzene rings is 3. The summed E-state index contributed by atoms with van der Waals surface area (Å²) in [6, 6.07) is 23.1. The van der Waals surface area contributed by atoms with Gasteiger partial charge in [0.2, 0.25) is 5.91 Å². The van der Waals surface area contributed by atoms with E-state index in [0.717, 1.165) is 42.4 Å². The molecule has 11 heteroatoms. The molecule has 2 atom stereocenters. The van der Waals surface area contributed by atoms with E-state index in [0.29, 0.717) is 36.6 Å². The van der Waals surface area contributed by atoms with Crippen LogP contribution in [-0.4, -0.2) is 79.2 Å². The van der Waals surface area contributed by atoms with Crippen LogP contribution in [0.15, 0.2) is 78.9 Å². The third-order valence-corrected chi connectivity index (χ3v) is 9.65. The molecule has 2 unspecified atom stereocenters. The van der Waals surface area contributed by atoms with Gasteiger partial charge in [0.05, 0.1) is 30.3 Å². The van der Waals surface area contributed by atoms with E-state index < -0.39 is 23.8 Å². The Bertz CT molecular complexity index is 1860. The normalized spacial score (nSPS) is 14.4. The highest BCUT2D eigenvalue weighted by atomic mass is 16.4. The molecule has 1 aromatic heterocycles. The highest BCUT2D eigenvalue weighted by Crippen LogP contribution is 2.30. The molecule has 1 aliphatic heterocycles. The lowest BCUT2D eigenvalue weighted by Gasteiger charge is -2.36. The second-order valence-electron chi connectivity index (χ2n) is 13.5. The molecule has 0 aliphatic carbocycles. The molecule has 0 bridgehead atoms. The number of rotatable bonds is 16. The van der Waals surface area contributed by atoms with Crippen molar-refractivity contribution in [2.24, 2.45) is 0 Å². The molecule has 3 N–H and O–H groups in total. The van der Waals surface area contributed by atoms with E-state index in [2.05, 4.69) is 19.2 Å². The van der Waals surface area contributed by atoms with Gasteiger partial charge in [-0.25, -0.2) is 4.68 Å². The third-order valence-electron chi connectivity index (χ3n) is 9.65. The summed E-state index contributed by atoms with van der Waals surface area (Å²) in [7, 11) is 0. The average Bonchev–Trinajstić information content (AvgIpc) is 3.54. The van der Waals surface area contributed by atoms with Crippen LogP contribution in [0.5, 0.6) is 0 Å². The van der Waals surface area contributed by atoms with Crippen LogP contribution in [0, 0.1) is 6.92 Å². The summed E-state index contributed by atoms with van der Waals surface area (Å²) in [5.74, 6) is -2.48. The van der Waals surface area contributed by atoms with Crippen LogP contribution < -0.4 is 5.32 Å². The Morgan fingerprint density at radius 1 is 0.904 bits per heavy atom. The fraction of sp³-hybridized carbons (Fsp3) is 0.390. The van der Waals surface area contributed by atoms with E-state index in [1.54, 1.807) is 46.0 Å². The smallest absolute Gasteiger partial charge is 0.303 e. The quantitative estimate of drug-likeness (QED) is 0.123. The van der Waals surface area contributed by atoms with Gasteiger partial charge in [-0.05, 0) is 67.1 Å². The van der Waals surface area contributed by atoms with E-state index >= 15 is 0 Å². The number of aromatic nitrogens is 2. The van der Waals surface area contributed by atoms with Crippen LogP contribution in [0.2, 0.25) is 0 Å². The molecule has 11 nitrogen and oxygen atoms in total. The largest absolute Gasteiger partial charge is 0.481 e. The van der Waals surface area contributed by atoms with Gasteiger partial charge < -0.3 is 25.3 Å². The van der Waals surface area contributed by atoms with E-state index in [-0.39, 0.29) is 49.1 Å². The number of hydrogen-bond acceptors (Lipinski definition) is 6. The molecule has 3 aromatic carbocycles. The van der Waals surface area contributed by atoms with Gasteiger partial charge in [-0.2, -0.15) is 5.10 Å². The zero-order valence-electron chi connectivity index (χ0n) is 30.3. The first-order chi connectivity index (χ1) is 25.1. The van der Waals surface area contributed by atoms with E-state index in [1.807, 2.05) is 54.3 Å². The van der Waals surface area contributed by atoms with Gasteiger partial charge in [0, 0.05) is 43.4 Å². The van der Waals surface area contributed by atoms with Crippen molar-refractivity contribution in [3.05, 3.63) is 113 Å². The van der Waals surface area contributed by atoms with Crippen LogP contribution in [0.25, 0.3) is 5.69 Å². The molecule has 4 aromatic rings. The topological polar surface area (TPSA) is 145 Å². The summed E-state index contributed by atoms with van der Waals surface area (Å²) in [5, 5.41) is 27.6. The van der Waals surface area contributed by atoms with Crippen LogP contribution in [0.1, 0.15) is 102 Å². The summed E-state index contributed by atoms with van der Waals surface area (Å²) in [5.41, 5.74) is 4.75. The number of aliphatic hydroxyl groups is 1. The number of aliphatic carboxylic acids is 1. The summed E-state index contributed by atoms with van der Waals surface area (Å²) >= 11 is 0. The van der Waals surface area contributed by atoms with Crippen molar-refractivity contribution in [1.82, 2.24) is 19.6 Å². The fourth-order valence-electron chi connectivity index (χ4n) is 6.79. The second kappa shape index (κ2) is 17.8. The number of carboxylic acids is 1. The summed E-state index contributed by atoms with van der Waals surface area (Å²) < 4.78 is 1.59. The first kappa shape index (κ1) is 38.0. The molecule has 0 saturated carbocycles. The number of unbranched alkanes of at least 4 members (excludes halogenated alkanes) is 2. The number of nitrogens with zero attached hydrogens (tertiary/aromatic N) is 4. The standard InChI is InChI=1S/C41H49N5O6/c1-4-6-19-44(20-7-5-2)41(52)36-21-28(3)46(43-36)37-18-17-33(42-38(48)23-32(24-39(49)50)29-13-9-8-10-14-29)25-35(37)40(51)45-26-31-16-12-11-15-30(31)22-34(45)27-47/h8-18,21,25,32,34,47H,4-7,19-20,22-24,26-27H2,1-3H3,(H,42,48)(H,49,50). The number of hydrogen-bond donors (Lipinski definition) is 3. The predicted molar refractivity (Wildman–Crippen MR) is 200 cm³/mol. The molecule has 0 saturated heterocycles. The lowest BCUT2D eigenvalue weighted by molar-refractivity contribution is -0.137. The number of anilines is 1. The maximum atomic E-state index is 14.6. The molecular formula is C41H49N5O6. The first-order valence-corrected chi connectivity index (χ1v) is 18.2. The summed E-state index contributed by atoms with van der Waals surface area (Å²) in [6.07, 6.45) is 3.88. The fourth-order valence-corrected chi connectivity index (χ4v) is 6.79. The molecule has 274 valence electrons. The highest BCUT2D eigenvalue weighted by molar-refractivity contribution is 6.01. The zero-order valence-corrected chi connectivity index (χ0v) is 30.3.